The Morgan fingerprint density at radius 1 is 1.13 bits per heavy atom. The van der Waals surface area contributed by atoms with Gasteiger partial charge in [-0.05, 0) is 31.5 Å². The van der Waals surface area contributed by atoms with Gasteiger partial charge in [-0.15, -0.1) is 13.2 Å². The first-order chi connectivity index (χ1) is 14.1. The number of H-pyrrole nitrogens is 1. The molecule has 1 fully saturated rings. The van der Waals surface area contributed by atoms with E-state index in [1.807, 2.05) is 0 Å². The van der Waals surface area contributed by atoms with Crippen LogP contribution in [-0.2, 0) is 17.8 Å². The van der Waals surface area contributed by atoms with E-state index in [4.69, 9.17) is 0 Å². The molecule has 162 valence electrons. The lowest BCUT2D eigenvalue weighted by molar-refractivity contribution is -0.274. The number of alkyl halides is 3. The van der Waals surface area contributed by atoms with Crippen molar-refractivity contribution in [1.82, 2.24) is 19.8 Å². The minimum absolute atomic E-state index is 0.00904. The molecule has 1 saturated heterocycles. The summed E-state index contributed by atoms with van der Waals surface area (Å²) in [4.78, 5) is 35.4. The zero-order valence-corrected chi connectivity index (χ0v) is 16.8. The number of carbonyl (C=O) groups excluding carboxylic acids is 1. The van der Waals surface area contributed by atoms with Crippen LogP contribution in [0.3, 0.4) is 0 Å². The van der Waals surface area contributed by atoms with Crippen LogP contribution in [0.25, 0.3) is 0 Å². The second kappa shape index (κ2) is 8.86. The van der Waals surface area contributed by atoms with Gasteiger partial charge in [0.1, 0.15) is 11.6 Å². The third-order valence-corrected chi connectivity index (χ3v) is 4.96. The summed E-state index contributed by atoms with van der Waals surface area (Å²) in [6.45, 7) is 6.27. The van der Waals surface area contributed by atoms with Crippen molar-refractivity contribution in [3.63, 3.8) is 0 Å². The standard InChI is InChI=1S/C20H23F3N4O3/c1-13-17(19(29)25-14(2)24-13)11-18(28)27-9-7-26(8-10-27)12-15-3-5-16(6-4-15)30-20(21,22)23/h3-6H,7-12H2,1-2H3,(H,24,25,29). The van der Waals surface area contributed by atoms with Crippen LogP contribution in [0, 0.1) is 13.8 Å². The summed E-state index contributed by atoms with van der Waals surface area (Å²) in [5, 5.41) is 0. The van der Waals surface area contributed by atoms with Crippen LogP contribution in [0.1, 0.15) is 22.6 Å². The molecule has 0 aliphatic carbocycles. The fourth-order valence-electron chi connectivity index (χ4n) is 3.43. The maximum Gasteiger partial charge on any atom is 0.573 e. The van der Waals surface area contributed by atoms with E-state index in [1.165, 1.54) is 12.1 Å². The number of nitrogens with one attached hydrogen (secondary N) is 1. The average molecular weight is 424 g/mol. The third-order valence-electron chi connectivity index (χ3n) is 4.96. The minimum Gasteiger partial charge on any atom is -0.406 e. The predicted octanol–water partition coefficient (Wildman–Crippen LogP) is 2.17. The molecule has 2 aromatic rings. The Kier molecular flexibility index (Phi) is 6.45. The number of aromatic nitrogens is 2. The molecule has 7 nitrogen and oxygen atoms in total. The molecule has 1 aromatic heterocycles. The summed E-state index contributed by atoms with van der Waals surface area (Å²) in [7, 11) is 0. The highest BCUT2D eigenvalue weighted by Gasteiger charge is 2.31. The Hall–Kier alpha value is -2.88. The van der Waals surface area contributed by atoms with E-state index >= 15 is 0 Å². The average Bonchev–Trinajstić information content (AvgIpc) is 2.65. The van der Waals surface area contributed by atoms with Crippen LogP contribution >= 0.6 is 0 Å². The summed E-state index contributed by atoms with van der Waals surface area (Å²) in [5.74, 6) is 0.139. The smallest absolute Gasteiger partial charge is 0.406 e. The Morgan fingerprint density at radius 3 is 2.33 bits per heavy atom. The van der Waals surface area contributed by atoms with Gasteiger partial charge in [-0.3, -0.25) is 14.5 Å². The molecule has 1 amide bonds. The Balaban J connectivity index is 1.51. The van der Waals surface area contributed by atoms with Crippen molar-refractivity contribution in [3.8, 4) is 5.75 Å². The maximum absolute atomic E-state index is 12.6. The van der Waals surface area contributed by atoms with E-state index < -0.39 is 6.36 Å². The first kappa shape index (κ1) is 21.8. The number of halogens is 3. The van der Waals surface area contributed by atoms with Crippen LogP contribution in [0.15, 0.2) is 29.1 Å². The molecule has 0 unspecified atom stereocenters. The zero-order chi connectivity index (χ0) is 21.9. The largest absolute Gasteiger partial charge is 0.573 e. The molecule has 1 aromatic carbocycles. The number of aryl methyl sites for hydroxylation is 2. The topological polar surface area (TPSA) is 78.5 Å². The lowest BCUT2D eigenvalue weighted by Gasteiger charge is -2.34. The fraction of sp³-hybridized carbons (Fsp3) is 0.450. The van der Waals surface area contributed by atoms with E-state index in [-0.39, 0.29) is 23.6 Å². The Bertz CT molecular complexity index is 949. The van der Waals surface area contributed by atoms with Gasteiger partial charge in [-0.2, -0.15) is 0 Å². The lowest BCUT2D eigenvalue weighted by atomic mass is 10.1. The van der Waals surface area contributed by atoms with Gasteiger partial charge in [-0.25, -0.2) is 4.98 Å². The van der Waals surface area contributed by atoms with Gasteiger partial charge in [0.25, 0.3) is 5.56 Å². The highest BCUT2D eigenvalue weighted by molar-refractivity contribution is 5.79. The van der Waals surface area contributed by atoms with Crippen molar-refractivity contribution < 1.29 is 22.7 Å². The number of aromatic amines is 1. The van der Waals surface area contributed by atoms with Gasteiger partial charge in [-0.1, -0.05) is 12.1 Å². The molecule has 1 N–H and O–H groups in total. The van der Waals surface area contributed by atoms with Gasteiger partial charge < -0.3 is 14.6 Å². The predicted molar refractivity (Wildman–Crippen MR) is 103 cm³/mol. The summed E-state index contributed by atoms with van der Waals surface area (Å²) in [6, 6.07) is 5.77. The summed E-state index contributed by atoms with van der Waals surface area (Å²) >= 11 is 0. The number of hydrogen-bond donors (Lipinski definition) is 1. The quantitative estimate of drug-likeness (QED) is 0.796. The molecule has 1 aliphatic rings. The van der Waals surface area contributed by atoms with Gasteiger partial charge in [0.2, 0.25) is 5.91 Å². The SMILES string of the molecule is Cc1nc(C)c(CC(=O)N2CCN(Cc3ccc(OC(F)(F)F)cc3)CC2)c(=O)[nH]1. The van der Waals surface area contributed by atoms with Crippen LogP contribution in [0.4, 0.5) is 13.2 Å². The number of carbonyl (C=O) groups is 1. The van der Waals surface area contributed by atoms with E-state index in [0.717, 1.165) is 5.56 Å². The van der Waals surface area contributed by atoms with Gasteiger partial charge in [0.05, 0.1) is 6.42 Å². The van der Waals surface area contributed by atoms with Crippen molar-refractivity contribution >= 4 is 5.91 Å². The van der Waals surface area contributed by atoms with Crippen molar-refractivity contribution in [3.05, 3.63) is 57.3 Å². The summed E-state index contributed by atoms with van der Waals surface area (Å²) < 4.78 is 40.6. The number of hydrogen-bond acceptors (Lipinski definition) is 5. The molecule has 0 spiro atoms. The monoisotopic (exact) mass is 424 g/mol. The highest BCUT2D eigenvalue weighted by atomic mass is 19.4. The van der Waals surface area contributed by atoms with E-state index in [0.29, 0.717) is 49.8 Å². The van der Waals surface area contributed by atoms with Crippen molar-refractivity contribution in [2.24, 2.45) is 0 Å². The second-order valence-corrected chi connectivity index (χ2v) is 7.24. The van der Waals surface area contributed by atoms with Gasteiger partial charge >= 0.3 is 6.36 Å². The Morgan fingerprint density at radius 2 is 1.77 bits per heavy atom. The maximum atomic E-state index is 12.6. The molecule has 0 bridgehead atoms. The minimum atomic E-state index is -4.71. The number of ether oxygens (including phenoxy) is 1. The fourth-order valence-corrected chi connectivity index (χ4v) is 3.43. The first-order valence-corrected chi connectivity index (χ1v) is 9.52. The molecule has 2 heterocycles. The summed E-state index contributed by atoms with van der Waals surface area (Å²) in [6.07, 6.45) is -4.70. The Labute approximate surface area is 171 Å². The molecule has 1 aliphatic heterocycles. The van der Waals surface area contributed by atoms with Crippen LogP contribution < -0.4 is 10.3 Å². The molecule has 30 heavy (non-hydrogen) atoms. The van der Waals surface area contributed by atoms with Crippen molar-refractivity contribution in [2.45, 2.75) is 33.2 Å². The van der Waals surface area contributed by atoms with Crippen molar-refractivity contribution in [2.75, 3.05) is 26.2 Å². The molecule has 0 saturated carbocycles. The molecular formula is C20H23F3N4O3. The van der Waals surface area contributed by atoms with Crippen molar-refractivity contribution in [1.29, 1.82) is 0 Å². The lowest BCUT2D eigenvalue weighted by Crippen LogP contribution is -2.49. The van der Waals surface area contributed by atoms with Crippen LogP contribution in [0.5, 0.6) is 5.75 Å². The molecular weight excluding hydrogens is 401 g/mol. The zero-order valence-electron chi connectivity index (χ0n) is 16.8. The van der Waals surface area contributed by atoms with Gasteiger partial charge in [0, 0.05) is 44.0 Å². The summed E-state index contributed by atoms with van der Waals surface area (Å²) in [5.41, 5.74) is 1.51. The number of amides is 1. The molecule has 0 atom stereocenters. The van der Waals surface area contributed by atoms with Crippen LogP contribution in [0.2, 0.25) is 0 Å². The number of benzene rings is 1. The highest BCUT2D eigenvalue weighted by Crippen LogP contribution is 2.23. The second-order valence-electron chi connectivity index (χ2n) is 7.24. The third kappa shape index (κ3) is 5.82. The van der Waals surface area contributed by atoms with Crippen LogP contribution in [-0.4, -0.2) is 58.2 Å². The van der Waals surface area contributed by atoms with E-state index in [1.54, 1.807) is 30.9 Å². The first-order valence-electron chi connectivity index (χ1n) is 9.52. The molecule has 3 rings (SSSR count). The molecule has 0 radical (unpaired) electrons. The number of rotatable bonds is 5. The molecule has 10 heteroatoms. The number of piperazine rings is 1. The number of nitrogens with zero attached hydrogens (tertiary/aromatic N) is 3. The normalized spacial score (nSPS) is 15.3. The van der Waals surface area contributed by atoms with E-state index in [9.17, 15) is 22.8 Å². The van der Waals surface area contributed by atoms with E-state index in [2.05, 4.69) is 19.6 Å². The van der Waals surface area contributed by atoms with Gasteiger partial charge in [0.15, 0.2) is 0 Å².